The fourth-order valence-corrected chi connectivity index (χ4v) is 2.48. The highest BCUT2D eigenvalue weighted by Gasteiger charge is 2.11. The van der Waals surface area contributed by atoms with Gasteiger partial charge in [-0.3, -0.25) is 9.79 Å². The van der Waals surface area contributed by atoms with Gasteiger partial charge in [0.2, 0.25) is 5.91 Å². The lowest BCUT2D eigenvalue weighted by Gasteiger charge is -2.27. The van der Waals surface area contributed by atoms with E-state index in [0.717, 1.165) is 31.0 Å². The molecule has 0 spiro atoms. The molecule has 1 amide bonds. The number of nitrogens with two attached hydrogens (primary N) is 1. The summed E-state index contributed by atoms with van der Waals surface area (Å²) in [6.07, 6.45) is 0.835. The normalized spacial score (nSPS) is 16.2. The van der Waals surface area contributed by atoms with E-state index in [9.17, 15) is 4.79 Å². The van der Waals surface area contributed by atoms with Crippen LogP contribution in [0.25, 0.3) is 0 Å². The number of thioether (sulfide) groups is 1. The summed E-state index contributed by atoms with van der Waals surface area (Å²) in [5, 5.41) is 2.87. The molecule has 19 heavy (non-hydrogen) atoms. The Kier molecular flexibility index (Phi) is 10.5. The third-order valence-electron chi connectivity index (χ3n) is 2.77. The van der Waals surface area contributed by atoms with Crippen molar-refractivity contribution in [2.45, 2.75) is 20.3 Å². The maximum atomic E-state index is 11.3. The van der Waals surface area contributed by atoms with E-state index in [4.69, 9.17) is 5.73 Å². The molecule has 7 heteroatoms. The summed E-state index contributed by atoms with van der Waals surface area (Å²) in [6, 6.07) is 0. The summed E-state index contributed by atoms with van der Waals surface area (Å²) in [4.78, 5) is 17.8. The van der Waals surface area contributed by atoms with Crippen LogP contribution < -0.4 is 11.1 Å². The Morgan fingerprint density at radius 2 is 2.05 bits per heavy atom. The average Bonchev–Trinajstić information content (AvgIpc) is 2.38. The van der Waals surface area contributed by atoms with E-state index in [-0.39, 0.29) is 35.8 Å². The predicted octanol–water partition coefficient (Wildman–Crippen LogP) is 1.13. The van der Waals surface area contributed by atoms with Gasteiger partial charge < -0.3 is 16.0 Å². The molecular weight excluding hydrogens is 375 g/mol. The minimum atomic E-state index is 0. The number of nitrogens with one attached hydrogen (secondary N) is 1. The Bertz CT molecular complexity index is 293. The average molecular weight is 400 g/mol. The van der Waals surface area contributed by atoms with E-state index in [1.807, 2.05) is 25.6 Å². The molecule has 1 aliphatic heterocycles. The van der Waals surface area contributed by atoms with Gasteiger partial charge in [-0.2, -0.15) is 11.8 Å². The SMILES string of the molecule is CC(C)C(=O)NCCCN=C(N)N1CCSCC1.I. The Balaban J connectivity index is 0.00000324. The van der Waals surface area contributed by atoms with Crippen LogP contribution in [-0.2, 0) is 4.79 Å². The zero-order valence-electron chi connectivity index (χ0n) is 11.7. The molecular formula is C12H25IN4OS. The molecule has 5 nitrogen and oxygen atoms in total. The summed E-state index contributed by atoms with van der Waals surface area (Å²) in [5.74, 6) is 3.04. The fourth-order valence-electron chi connectivity index (χ4n) is 1.58. The molecule has 0 saturated carbocycles. The molecule has 0 bridgehead atoms. The van der Waals surface area contributed by atoms with Crippen molar-refractivity contribution < 1.29 is 4.79 Å². The van der Waals surface area contributed by atoms with Gasteiger partial charge in [0.15, 0.2) is 5.96 Å². The number of nitrogens with zero attached hydrogens (tertiary/aromatic N) is 2. The monoisotopic (exact) mass is 400 g/mol. The first kappa shape index (κ1) is 18.8. The van der Waals surface area contributed by atoms with Crippen LogP contribution in [0.5, 0.6) is 0 Å². The highest BCUT2D eigenvalue weighted by molar-refractivity contribution is 14.0. The van der Waals surface area contributed by atoms with Crippen LogP contribution in [0.4, 0.5) is 0 Å². The smallest absolute Gasteiger partial charge is 0.222 e. The van der Waals surface area contributed by atoms with Crippen LogP contribution in [0.2, 0.25) is 0 Å². The van der Waals surface area contributed by atoms with Crippen molar-refractivity contribution in [3.05, 3.63) is 0 Å². The van der Waals surface area contributed by atoms with E-state index >= 15 is 0 Å². The van der Waals surface area contributed by atoms with Gasteiger partial charge in [0.05, 0.1) is 0 Å². The number of guanidine groups is 1. The molecule has 1 rings (SSSR count). The van der Waals surface area contributed by atoms with Crippen molar-refractivity contribution in [1.29, 1.82) is 0 Å². The van der Waals surface area contributed by atoms with E-state index in [1.54, 1.807) is 0 Å². The summed E-state index contributed by atoms with van der Waals surface area (Å²) in [6.45, 7) is 7.10. The van der Waals surface area contributed by atoms with Crippen LogP contribution in [0.15, 0.2) is 4.99 Å². The van der Waals surface area contributed by atoms with Crippen molar-refractivity contribution in [2.75, 3.05) is 37.7 Å². The van der Waals surface area contributed by atoms with E-state index in [0.29, 0.717) is 19.0 Å². The number of carbonyl (C=O) groups is 1. The zero-order chi connectivity index (χ0) is 13.4. The third-order valence-corrected chi connectivity index (χ3v) is 3.71. The second-order valence-electron chi connectivity index (χ2n) is 4.64. The standard InChI is InChI=1S/C12H24N4OS.HI/c1-10(2)11(17)14-4-3-5-15-12(13)16-6-8-18-9-7-16;/h10H,3-9H2,1-2H3,(H2,13,15)(H,14,17);1H. The summed E-state index contributed by atoms with van der Waals surface area (Å²) >= 11 is 1.95. The number of hydrogen-bond donors (Lipinski definition) is 2. The van der Waals surface area contributed by atoms with Gasteiger partial charge in [-0.15, -0.1) is 24.0 Å². The quantitative estimate of drug-likeness (QED) is 0.314. The van der Waals surface area contributed by atoms with E-state index < -0.39 is 0 Å². The topological polar surface area (TPSA) is 70.7 Å². The lowest BCUT2D eigenvalue weighted by atomic mass is 10.2. The summed E-state index contributed by atoms with van der Waals surface area (Å²) in [7, 11) is 0. The van der Waals surface area contributed by atoms with E-state index in [1.165, 1.54) is 0 Å². The van der Waals surface area contributed by atoms with E-state index in [2.05, 4.69) is 15.2 Å². The molecule has 0 aliphatic carbocycles. The zero-order valence-corrected chi connectivity index (χ0v) is 14.9. The van der Waals surface area contributed by atoms with Crippen LogP contribution >= 0.6 is 35.7 Å². The van der Waals surface area contributed by atoms with Crippen LogP contribution in [-0.4, -0.2) is 54.5 Å². The van der Waals surface area contributed by atoms with Crippen molar-refractivity contribution in [3.8, 4) is 0 Å². The lowest BCUT2D eigenvalue weighted by Crippen LogP contribution is -2.42. The molecule has 1 fully saturated rings. The van der Waals surface area contributed by atoms with Gasteiger partial charge in [0.25, 0.3) is 0 Å². The number of aliphatic imine (C=N–C) groups is 1. The Labute approximate surface area is 137 Å². The molecule has 1 aliphatic rings. The fraction of sp³-hybridized carbons (Fsp3) is 0.833. The Morgan fingerprint density at radius 3 is 2.63 bits per heavy atom. The minimum absolute atomic E-state index is 0. The van der Waals surface area contributed by atoms with Crippen molar-refractivity contribution >= 4 is 47.6 Å². The van der Waals surface area contributed by atoms with Crippen molar-refractivity contribution in [3.63, 3.8) is 0 Å². The molecule has 0 aromatic carbocycles. The Hall–Kier alpha value is -0.180. The molecule has 0 atom stereocenters. The summed E-state index contributed by atoms with van der Waals surface area (Å²) in [5.41, 5.74) is 5.92. The van der Waals surface area contributed by atoms with Crippen LogP contribution in [0, 0.1) is 5.92 Å². The number of hydrogen-bond acceptors (Lipinski definition) is 3. The minimum Gasteiger partial charge on any atom is -0.370 e. The maximum Gasteiger partial charge on any atom is 0.222 e. The number of halogens is 1. The second-order valence-corrected chi connectivity index (χ2v) is 5.86. The van der Waals surface area contributed by atoms with Gasteiger partial charge in [0, 0.05) is 43.6 Å². The molecule has 0 unspecified atom stereocenters. The lowest BCUT2D eigenvalue weighted by molar-refractivity contribution is -0.123. The highest BCUT2D eigenvalue weighted by Crippen LogP contribution is 2.08. The number of rotatable bonds is 5. The van der Waals surface area contributed by atoms with Gasteiger partial charge in [-0.05, 0) is 6.42 Å². The largest absolute Gasteiger partial charge is 0.370 e. The maximum absolute atomic E-state index is 11.3. The predicted molar refractivity (Wildman–Crippen MR) is 93.3 cm³/mol. The van der Waals surface area contributed by atoms with Gasteiger partial charge in [-0.25, -0.2) is 0 Å². The van der Waals surface area contributed by atoms with Gasteiger partial charge >= 0.3 is 0 Å². The summed E-state index contributed by atoms with van der Waals surface area (Å²) < 4.78 is 0. The molecule has 1 saturated heterocycles. The van der Waals surface area contributed by atoms with Crippen LogP contribution in [0.1, 0.15) is 20.3 Å². The third kappa shape index (κ3) is 7.86. The van der Waals surface area contributed by atoms with Gasteiger partial charge in [0.1, 0.15) is 0 Å². The van der Waals surface area contributed by atoms with Crippen molar-refractivity contribution in [2.24, 2.45) is 16.6 Å². The van der Waals surface area contributed by atoms with Gasteiger partial charge in [-0.1, -0.05) is 13.8 Å². The highest BCUT2D eigenvalue weighted by atomic mass is 127. The first-order valence-corrected chi connectivity index (χ1v) is 7.67. The first-order chi connectivity index (χ1) is 8.61. The molecule has 1 heterocycles. The molecule has 0 radical (unpaired) electrons. The molecule has 0 aromatic rings. The molecule has 0 aromatic heterocycles. The van der Waals surface area contributed by atoms with Crippen molar-refractivity contribution in [1.82, 2.24) is 10.2 Å². The molecule has 3 N–H and O–H groups in total. The first-order valence-electron chi connectivity index (χ1n) is 6.51. The number of amides is 1. The van der Waals surface area contributed by atoms with Crippen LogP contribution in [0.3, 0.4) is 0 Å². The number of carbonyl (C=O) groups excluding carboxylic acids is 1. The molecule has 112 valence electrons. The second kappa shape index (κ2) is 10.6. The Morgan fingerprint density at radius 1 is 1.42 bits per heavy atom.